The van der Waals surface area contributed by atoms with Gasteiger partial charge in [-0.05, 0) is 82.6 Å². The van der Waals surface area contributed by atoms with Gasteiger partial charge in [-0.15, -0.1) is 5.10 Å². The van der Waals surface area contributed by atoms with Crippen molar-refractivity contribution in [2.75, 3.05) is 13.1 Å². The average Bonchev–Trinajstić information content (AvgIpc) is 3.59. The van der Waals surface area contributed by atoms with Crippen molar-refractivity contribution in [2.45, 2.75) is 50.0 Å². The van der Waals surface area contributed by atoms with Gasteiger partial charge < -0.3 is 20.6 Å². The number of carboxylic acids is 1. The van der Waals surface area contributed by atoms with Gasteiger partial charge in [0.1, 0.15) is 12.4 Å². The fraction of sp³-hybridized carbons (Fsp3) is 0.312. The predicted octanol–water partition coefficient (Wildman–Crippen LogP) is 4.37. The minimum absolute atomic E-state index is 0.00543. The third kappa shape index (κ3) is 8.32. The number of benzene rings is 3. The Kier molecular flexibility index (Phi) is 10.5. The molecule has 11 nitrogen and oxygen atoms in total. The highest BCUT2D eigenvalue weighted by atomic mass is 35.5. The van der Waals surface area contributed by atoms with E-state index in [-0.39, 0.29) is 24.4 Å². The number of rotatable bonds is 7. The van der Waals surface area contributed by atoms with Crippen molar-refractivity contribution in [3.8, 4) is 16.8 Å². The summed E-state index contributed by atoms with van der Waals surface area (Å²) in [5.74, 6) is -2.64. The summed E-state index contributed by atoms with van der Waals surface area (Å²) in [7, 11) is 0. The SMILES string of the molecule is O=C(NCc1cc(Cl)ccc1-n1cnnn1)C1CCN1C(=O)[C@H]1C[C@@H](c2ccc(-c3ccccc3)cc2)CCN1.O=C(O)C(F)(F)F. The molecule has 0 bridgehead atoms. The van der Waals surface area contributed by atoms with Crippen molar-refractivity contribution in [1.82, 2.24) is 35.7 Å². The molecule has 0 radical (unpaired) electrons. The zero-order valence-corrected chi connectivity index (χ0v) is 25.7. The summed E-state index contributed by atoms with van der Waals surface area (Å²) in [4.78, 5) is 37.2. The highest BCUT2D eigenvalue weighted by Crippen LogP contribution is 2.31. The molecule has 1 aromatic heterocycles. The van der Waals surface area contributed by atoms with Crippen LogP contribution in [-0.4, -0.2) is 79.3 Å². The van der Waals surface area contributed by atoms with Crippen LogP contribution in [0.4, 0.5) is 13.2 Å². The van der Waals surface area contributed by atoms with Crippen LogP contribution in [-0.2, 0) is 20.9 Å². The molecule has 1 unspecified atom stereocenters. The van der Waals surface area contributed by atoms with Gasteiger partial charge in [0.25, 0.3) is 0 Å². The maximum atomic E-state index is 13.5. The zero-order chi connectivity index (χ0) is 33.6. The minimum Gasteiger partial charge on any atom is -0.475 e. The number of aliphatic carboxylic acids is 1. The third-order valence-corrected chi connectivity index (χ3v) is 8.36. The maximum absolute atomic E-state index is 13.5. The summed E-state index contributed by atoms with van der Waals surface area (Å²) in [6, 6.07) is 23.5. The number of aromatic nitrogens is 4. The molecule has 15 heteroatoms. The Balaban J connectivity index is 0.000000559. The number of hydrogen-bond acceptors (Lipinski definition) is 7. The van der Waals surface area contributed by atoms with Gasteiger partial charge in [-0.1, -0.05) is 66.2 Å². The molecule has 0 aliphatic carbocycles. The van der Waals surface area contributed by atoms with E-state index in [0.717, 1.165) is 24.2 Å². The molecule has 0 saturated carbocycles. The van der Waals surface area contributed by atoms with E-state index in [1.54, 1.807) is 23.1 Å². The molecule has 2 amide bonds. The van der Waals surface area contributed by atoms with Crippen molar-refractivity contribution in [2.24, 2.45) is 0 Å². The summed E-state index contributed by atoms with van der Waals surface area (Å²) in [5.41, 5.74) is 5.13. The molecule has 3 atom stereocenters. The number of likely N-dealkylation sites (tertiary alicyclic amines) is 1. The first-order valence-electron chi connectivity index (χ1n) is 14.8. The van der Waals surface area contributed by atoms with Crippen LogP contribution in [0.5, 0.6) is 0 Å². The number of hydrogen-bond donors (Lipinski definition) is 3. The number of tetrazole rings is 1. The normalized spacial score (nSPS) is 19.1. The molecule has 246 valence electrons. The summed E-state index contributed by atoms with van der Waals surface area (Å²) in [6.45, 7) is 1.59. The number of piperidine rings is 1. The van der Waals surface area contributed by atoms with E-state index in [0.29, 0.717) is 30.3 Å². The van der Waals surface area contributed by atoms with Crippen LogP contribution in [0.25, 0.3) is 16.8 Å². The van der Waals surface area contributed by atoms with E-state index in [4.69, 9.17) is 21.5 Å². The molecule has 4 aromatic rings. The fourth-order valence-corrected chi connectivity index (χ4v) is 5.80. The van der Waals surface area contributed by atoms with Gasteiger partial charge in [-0.3, -0.25) is 9.59 Å². The second-order valence-corrected chi connectivity index (χ2v) is 11.5. The van der Waals surface area contributed by atoms with Gasteiger partial charge >= 0.3 is 12.1 Å². The van der Waals surface area contributed by atoms with Gasteiger partial charge in [0.05, 0.1) is 11.7 Å². The minimum atomic E-state index is -5.08. The van der Waals surface area contributed by atoms with Gasteiger partial charge in [0, 0.05) is 18.1 Å². The first kappa shape index (κ1) is 33.5. The first-order chi connectivity index (χ1) is 22.5. The third-order valence-electron chi connectivity index (χ3n) is 8.13. The van der Waals surface area contributed by atoms with Crippen LogP contribution in [0.2, 0.25) is 5.02 Å². The van der Waals surface area contributed by atoms with Crippen LogP contribution in [0, 0.1) is 0 Å². The maximum Gasteiger partial charge on any atom is 0.490 e. The van der Waals surface area contributed by atoms with E-state index in [2.05, 4.69) is 62.6 Å². The zero-order valence-electron chi connectivity index (χ0n) is 24.9. The van der Waals surface area contributed by atoms with Gasteiger partial charge in [0.2, 0.25) is 11.8 Å². The number of nitrogens with zero attached hydrogens (tertiary/aromatic N) is 5. The Hall–Kier alpha value is -4.82. The Morgan fingerprint density at radius 1 is 1.00 bits per heavy atom. The number of carbonyl (C=O) groups is 3. The summed E-state index contributed by atoms with van der Waals surface area (Å²) in [6.07, 6.45) is -1.26. The van der Waals surface area contributed by atoms with Crippen LogP contribution in [0.1, 0.15) is 36.3 Å². The predicted molar refractivity (Wildman–Crippen MR) is 165 cm³/mol. The Morgan fingerprint density at radius 2 is 1.70 bits per heavy atom. The quantitative estimate of drug-likeness (QED) is 0.264. The number of halogens is 4. The fourth-order valence-electron chi connectivity index (χ4n) is 5.60. The monoisotopic (exact) mass is 669 g/mol. The second-order valence-electron chi connectivity index (χ2n) is 11.1. The smallest absolute Gasteiger partial charge is 0.475 e. The lowest BCUT2D eigenvalue weighted by atomic mass is 9.84. The number of nitrogens with one attached hydrogen (secondary N) is 2. The molecule has 2 fully saturated rings. The lowest BCUT2D eigenvalue weighted by Crippen LogP contribution is -2.62. The largest absolute Gasteiger partial charge is 0.490 e. The number of amides is 2. The molecule has 0 spiro atoms. The van der Waals surface area contributed by atoms with Gasteiger partial charge in [0.15, 0.2) is 0 Å². The molecule has 6 rings (SSSR count). The van der Waals surface area contributed by atoms with Gasteiger partial charge in [-0.2, -0.15) is 13.2 Å². The standard InChI is InChI=1S/C30H30ClN7O2.C2HF3O2/c31-25-10-11-27(38-19-34-35-36-38)24(16-25)18-33-29(39)28-13-15-37(28)30(40)26-17-23(12-14-32-26)22-8-6-21(7-9-22)20-4-2-1-3-5-20;3-2(4,5)1(6)7/h1-11,16,19,23,26,28,32H,12-15,17-18H2,(H,33,39);(H,6,7)/t23-,26+,28?;/m0./s1. The molecular formula is C32H31ClF3N7O4. The highest BCUT2D eigenvalue weighted by Gasteiger charge is 2.41. The van der Waals surface area contributed by atoms with Crippen molar-refractivity contribution in [3.63, 3.8) is 0 Å². The molecule has 3 heterocycles. The lowest BCUT2D eigenvalue weighted by Gasteiger charge is -2.43. The van der Waals surface area contributed by atoms with Crippen molar-refractivity contribution in [1.29, 1.82) is 0 Å². The first-order valence-corrected chi connectivity index (χ1v) is 15.2. The van der Waals surface area contributed by atoms with Crippen LogP contribution < -0.4 is 10.6 Å². The van der Waals surface area contributed by atoms with E-state index in [1.165, 1.54) is 27.7 Å². The Bertz CT molecular complexity index is 1690. The van der Waals surface area contributed by atoms with Gasteiger partial charge in [-0.25, -0.2) is 9.48 Å². The molecule has 2 saturated heterocycles. The van der Waals surface area contributed by atoms with Crippen molar-refractivity contribution < 1.29 is 32.7 Å². The van der Waals surface area contributed by atoms with Crippen molar-refractivity contribution >= 4 is 29.4 Å². The topological polar surface area (TPSA) is 142 Å². The van der Waals surface area contributed by atoms with Crippen molar-refractivity contribution in [3.05, 3.63) is 95.3 Å². The van der Waals surface area contributed by atoms with E-state index >= 15 is 0 Å². The van der Waals surface area contributed by atoms with Crippen LogP contribution in [0.3, 0.4) is 0 Å². The van der Waals surface area contributed by atoms with E-state index in [9.17, 15) is 22.8 Å². The molecular weight excluding hydrogens is 639 g/mol. The second kappa shape index (κ2) is 14.7. The average molecular weight is 670 g/mol. The Labute approximate surface area is 272 Å². The number of alkyl halides is 3. The summed E-state index contributed by atoms with van der Waals surface area (Å²) >= 11 is 6.20. The van der Waals surface area contributed by atoms with E-state index in [1.807, 2.05) is 18.2 Å². The number of carbonyl (C=O) groups excluding carboxylic acids is 2. The molecule has 3 aromatic carbocycles. The van der Waals surface area contributed by atoms with Crippen LogP contribution >= 0.6 is 11.6 Å². The Morgan fingerprint density at radius 3 is 2.32 bits per heavy atom. The molecule has 2 aliphatic heterocycles. The highest BCUT2D eigenvalue weighted by molar-refractivity contribution is 6.30. The molecule has 47 heavy (non-hydrogen) atoms. The molecule has 3 N–H and O–H groups in total. The summed E-state index contributed by atoms with van der Waals surface area (Å²) in [5, 5.41) is 25.4. The van der Waals surface area contributed by atoms with E-state index < -0.39 is 18.2 Å². The lowest BCUT2D eigenvalue weighted by molar-refractivity contribution is -0.192. The van der Waals surface area contributed by atoms with Crippen LogP contribution in [0.15, 0.2) is 79.1 Å². The summed E-state index contributed by atoms with van der Waals surface area (Å²) < 4.78 is 33.3. The molecule has 2 aliphatic rings. The number of carboxylic acid groups (broad SMARTS) is 1.